The van der Waals surface area contributed by atoms with E-state index in [9.17, 15) is 5.11 Å². The highest BCUT2D eigenvalue weighted by Crippen LogP contribution is 2.22. The van der Waals surface area contributed by atoms with E-state index in [2.05, 4.69) is 28.2 Å². The van der Waals surface area contributed by atoms with Gasteiger partial charge in [0, 0.05) is 6.92 Å². The fraction of sp³-hybridized carbons (Fsp3) is 0.350. The molecule has 25 heavy (non-hydrogen) atoms. The Kier molecular flexibility index (Phi) is 6.46. The van der Waals surface area contributed by atoms with E-state index in [1.54, 1.807) is 0 Å². The quantitative estimate of drug-likeness (QED) is 0.432. The highest BCUT2D eigenvalue weighted by atomic mass is 127. The third kappa shape index (κ3) is 3.98. The molecule has 0 fully saturated rings. The Labute approximate surface area is 166 Å². The van der Waals surface area contributed by atoms with Crippen molar-refractivity contribution >= 4 is 11.0 Å². The zero-order valence-corrected chi connectivity index (χ0v) is 17.3. The van der Waals surface area contributed by atoms with Gasteiger partial charge < -0.3 is 33.8 Å². The van der Waals surface area contributed by atoms with Crippen molar-refractivity contribution in [2.75, 3.05) is 6.61 Å². The van der Waals surface area contributed by atoms with Crippen LogP contribution in [-0.4, -0.2) is 22.4 Å². The van der Waals surface area contributed by atoms with E-state index in [0.29, 0.717) is 6.54 Å². The third-order valence-corrected chi connectivity index (χ3v) is 4.63. The maximum Gasteiger partial charge on any atom is 0.254 e. The van der Waals surface area contributed by atoms with Crippen LogP contribution in [0.25, 0.3) is 11.0 Å². The lowest BCUT2D eigenvalue weighted by Crippen LogP contribution is -3.00. The van der Waals surface area contributed by atoms with Crippen molar-refractivity contribution in [2.24, 2.45) is 7.05 Å². The van der Waals surface area contributed by atoms with Crippen LogP contribution in [-0.2, 0) is 13.6 Å². The van der Waals surface area contributed by atoms with Gasteiger partial charge in [-0.1, -0.05) is 30.3 Å². The average Bonchev–Trinajstić information content (AvgIpc) is 2.80. The molecule has 3 aromatic rings. The maximum absolute atomic E-state index is 10.5. The molecule has 134 valence electrons. The van der Waals surface area contributed by atoms with Crippen molar-refractivity contribution in [3.05, 3.63) is 59.4 Å². The number of fused-ring (bicyclic) bond motifs is 1. The van der Waals surface area contributed by atoms with Crippen molar-refractivity contribution in [1.29, 1.82) is 0 Å². The number of rotatable bonds is 5. The van der Waals surface area contributed by atoms with Gasteiger partial charge in [-0.05, 0) is 37.1 Å². The second kappa shape index (κ2) is 8.19. The zero-order valence-electron chi connectivity index (χ0n) is 15.2. The minimum absolute atomic E-state index is 0. The summed E-state index contributed by atoms with van der Waals surface area (Å²) in [7, 11) is 2.05. The first-order valence-electron chi connectivity index (χ1n) is 8.30. The number of ether oxygens (including phenoxy) is 1. The Morgan fingerprint density at radius 3 is 2.36 bits per heavy atom. The first-order valence-corrected chi connectivity index (χ1v) is 8.30. The number of benzene rings is 2. The Morgan fingerprint density at radius 2 is 1.68 bits per heavy atom. The van der Waals surface area contributed by atoms with Crippen molar-refractivity contribution in [3.8, 4) is 5.75 Å². The maximum atomic E-state index is 10.5. The summed E-state index contributed by atoms with van der Waals surface area (Å²) in [5.41, 5.74) is 4.48. The van der Waals surface area contributed by atoms with E-state index in [1.165, 1.54) is 0 Å². The van der Waals surface area contributed by atoms with Crippen LogP contribution in [0.2, 0.25) is 0 Å². The zero-order chi connectivity index (χ0) is 17.3. The molecule has 0 aliphatic rings. The number of aryl methyl sites for hydroxylation is 3. The normalized spacial score (nSPS) is 12.0. The highest BCUT2D eigenvalue weighted by Gasteiger charge is 2.21. The topological polar surface area (TPSA) is 38.3 Å². The molecular formula is C20H25IN2O2. The van der Waals surface area contributed by atoms with E-state index in [0.717, 1.165) is 33.7 Å². The second-order valence-corrected chi connectivity index (χ2v) is 6.39. The lowest BCUT2D eigenvalue weighted by atomic mass is 10.1. The van der Waals surface area contributed by atoms with E-state index < -0.39 is 6.10 Å². The van der Waals surface area contributed by atoms with Gasteiger partial charge in [0.15, 0.2) is 11.0 Å². The van der Waals surface area contributed by atoms with Gasteiger partial charge in [-0.25, -0.2) is 9.13 Å². The summed E-state index contributed by atoms with van der Waals surface area (Å²) in [6.07, 6.45) is -0.571. The smallest absolute Gasteiger partial charge is 0.254 e. The van der Waals surface area contributed by atoms with Crippen LogP contribution in [0, 0.1) is 20.8 Å². The number of nitrogens with zero attached hydrogens (tertiary/aromatic N) is 2. The van der Waals surface area contributed by atoms with Gasteiger partial charge in [0.1, 0.15) is 25.0 Å². The molecule has 0 aliphatic carbocycles. The Hall–Kier alpha value is -1.60. The molecule has 0 bridgehead atoms. The first kappa shape index (κ1) is 19.7. The Balaban J connectivity index is 0.00000225. The minimum Gasteiger partial charge on any atom is -1.00 e. The molecule has 0 spiro atoms. The predicted molar refractivity (Wildman–Crippen MR) is 95.3 cm³/mol. The molecule has 0 saturated heterocycles. The molecule has 0 aliphatic heterocycles. The SMILES string of the molecule is Cc1cccc(C)c1OCC(O)Cn1c(C)[n+](C)c2ccccc21.[I-]. The van der Waals surface area contributed by atoms with Crippen LogP contribution in [0.15, 0.2) is 42.5 Å². The Morgan fingerprint density at radius 1 is 1.04 bits per heavy atom. The van der Waals surface area contributed by atoms with Gasteiger partial charge in [0.25, 0.3) is 5.82 Å². The van der Waals surface area contributed by atoms with Gasteiger partial charge in [-0.3, -0.25) is 0 Å². The van der Waals surface area contributed by atoms with Crippen molar-refractivity contribution < 1.29 is 38.4 Å². The van der Waals surface area contributed by atoms with Crippen LogP contribution >= 0.6 is 0 Å². The average molecular weight is 452 g/mol. The number of imidazole rings is 1. The standard InChI is InChI=1S/C20H25N2O2.HI/c1-14-8-7-9-15(2)20(14)24-13-17(23)12-22-16(3)21(4)18-10-5-6-11-19(18)22;/h5-11,17,23H,12-13H2,1-4H3;1H/q+1;/p-1. The molecule has 1 atom stereocenters. The van der Waals surface area contributed by atoms with Crippen LogP contribution in [0.3, 0.4) is 0 Å². The van der Waals surface area contributed by atoms with E-state index >= 15 is 0 Å². The number of para-hydroxylation sites is 3. The molecule has 0 radical (unpaired) electrons. The van der Waals surface area contributed by atoms with Gasteiger partial charge >= 0.3 is 0 Å². The van der Waals surface area contributed by atoms with Crippen molar-refractivity contribution in [3.63, 3.8) is 0 Å². The molecule has 4 nitrogen and oxygen atoms in total. The lowest BCUT2D eigenvalue weighted by molar-refractivity contribution is -0.652. The molecule has 5 heteroatoms. The number of aromatic nitrogens is 2. The molecule has 1 aromatic heterocycles. The van der Waals surface area contributed by atoms with E-state index in [4.69, 9.17) is 4.74 Å². The summed E-state index contributed by atoms with van der Waals surface area (Å²) >= 11 is 0. The van der Waals surface area contributed by atoms with Gasteiger partial charge in [-0.15, -0.1) is 0 Å². The highest BCUT2D eigenvalue weighted by molar-refractivity contribution is 5.72. The number of aliphatic hydroxyl groups is 1. The molecule has 2 aromatic carbocycles. The molecule has 1 unspecified atom stereocenters. The van der Waals surface area contributed by atoms with Crippen LogP contribution in [0.1, 0.15) is 17.0 Å². The summed E-state index contributed by atoms with van der Waals surface area (Å²) in [4.78, 5) is 0. The lowest BCUT2D eigenvalue weighted by Gasteiger charge is -2.15. The number of hydrogen-bond donors (Lipinski definition) is 1. The fourth-order valence-electron chi connectivity index (χ4n) is 3.21. The van der Waals surface area contributed by atoms with Gasteiger partial charge in [0.05, 0.1) is 7.05 Å². The summed E-state index contributed by atoms with van der Waals surface area (Å²) in [6.45, 7) is 6.91. The fourth-order valence-corrected chi connectivity index (χ4v) is 3.21. The summed E-state index contributed by atoms with van der Waals surface area (Å²) < 4.78 is 10.2. The van der Waals surface area contributed by atoms with E-state index in [-0.39, 0.29) is 30.6 Å². The molecule has 1 N–H and O–H groups in total. The monoisotopic (exact) mass is 452 g/mol. The summed E-state index contributed by atoms with van der Waals surface area (Å²) in [5.74, 6) is 1.98. The summed E-state index contributed by atoms with van der Waals surface area (Å²) in [6, 6.07) is 14.3. The molecule has 0 saturated carbocycles. The van der Waals surface area contributed by atoms with Crippen LogP contribution in [0.5, 0.6) is 5.75 Å². The van der Waals surface area contributed by atoms with Crippen molar-refractivity contribution in [2.45, 2.75) is 33.4 Å². The predicted octanol–water partition coefficient (Wildman–Crippen LogP) is -0.165. The third-order valence-electron chi connectivity index (χ3n) is 4.63. The number of halogens is 1. The first-order chi connectivity index (χ1) is 11.5. The van der Waals surface area contributed by atoms with Gasteiger partial charge in [-0.2, -0.15) is 0 Å². The van der Waals surface area contributed by atoms with Crippen LogP contribution in [0.4, 0.5) is 0 Å². The summed E-state index contributed by atoms with van der Waals surface area (Å²) in [5, 5.41) is 10.5. The second-order valence-electron chi connectivity index (χ2n) is 6.39. The minimum atomic E-state index is -0.571. The molecule has 0 amide bonds. The molecule has 1 heterocycles. The molecular weight excluding hydrogens is 427 g/mol. The molecule has 3 rings (SSSR count). The number of hydrogen-bond acceptors (Lipinski definition) is 2. The largest absolute Gasteiger partial charge is 1.00 e. The van der Waals surface area contributed by atoms with Gasteiger partial charge in [0.2, 0.25) is 0 Å². The number of aliphatic hydroxyl groups excluding tert-OH is 1. The van der Waals surface area contributed by atoms with Crippen molar-refractivity contribution in [1.82, 2.24) is 4.57 Å². The Bertz CT molecular complexity index is 853. The van der Waals surface area contributed by atoms with Crippen LogP contribution < -0.4 is 33.3 Å². The van der Waals surface area contributed by atoms with E-state index in [1.807, 2.05) is 51.2 Å².